The lowest BCUT2D eigenvalue weighted by molar-refractivity contribution is 0.108. The van der Waals surface area contributed by atoms with Crippen molar-refractivity contribution in [3.63, 3.8) is 0 Å². The van der Waals surface area contributed by atoms with Gasteiger partial charge in [0.25, 0.3) is 0 Å². The number of piperidine rings is 1. The van der Waals surface area contributed by atoms with E-state index < -0.39 is 0 Å². The Kier molecular flexibility index (Phi) is 7.16. The van der Waals surface area contributed by atoms with E-state index in [1.165, 1.54) is 0 Å². The molecule has 0 spiro atoms. The highest BCUT2D eigenvalue weighted by Gasteiger charge is 2.25. The highest BCUT2D eigenvalue weighted by Crippen LogP contribution is 2.17. The molecule has 2 amide bonds. The van der Waals surface area contributed by atoms with E-state index in [0.29, 0.717) is 26.3 Å². The van der Waals surface area contributed by atoms with E-state index >= 15 is 0 Å². The van der Waals surface area contributed by atoms with Crippen LogP contribution in [0.1, 0.15) is 24.8 Å². The molecule has 1 atom stereocenters. The van der Waals surface area contributed by atoms with E-state index in [0.717, 1.165) is 30.6 Å². The van der Waals surface area contributed by atoms with Crippen LogP contribution in [0.25, 0.3) is 0 Å². The van der Waals surface area contributed by atoms with Crippen LogP contribution in [0, 0.1) is 0 Å². The number of ether oxygens (including phenoxy) is 2. The molecule has 128 valence electrons. The molecule has 23 heavy (non-hydrogen) atoms. The number of nitrogens with zero attached hydrogens (tertiary/aromatic N) is 1. The predicted molar refractivity (Wildman–Crippen MR) is 87.5 cm³/mol. The molecular weight excluding hydrogens is 296 g/mol. The van der Waals surface area contributed by atoms with E-state index in [9.17, 15) is 9.90 Å². The van der Waals surface area contributed by atoms with Crippen LogP contribution in [0.3, 0.4) is 0 Å². The first-order valence-corrected chi connectivity index (χ1v) is 8.10. The van der Waals surface area contributed by atoms with Gasteiger partial charge in [0.1, 0.15) is 12.4 Å². The van der Waals surface area contributed by atoms with E-state index in [-0.39, 0.29) is 18.7 Å². The number of urea groups is 1. The lowest BCUT2D eigenvalue weighted by atomic mass is 10.0. The average molecular weight is 322 g/mol. The standard InChI is InChI=1S/C17H26N2O4/c1-22-10-11-23-16-7-5-14(6-8-16)12-18-17(21)19-9-3-2-4-15(19)13-20/h5-8,15,20H,2-4,9-13H2,1H3,(H,18,21)/t15-/m0/s1. The smallest absolute Gasteiger partial charge is 0.317 e. The highest BCUT2D eigenvalue weighted by molar-refractivity contribution is 5.74. The third kappa shape index (κ3) is 5.41. The number of aliphatic hydroxyl groups is 1. The summed E-state index contributed by atoms with van der Waals surface area (Å²) in [5, 5.41) is 12.3. The van der Waals surface area contributed by atoms with Crippen LogP contribution >= 0.6 is 0 Å². The zero-order valence-electron chi connectivity index (χ0n) is 13.7. The molecule has 0 aliphatic carbocycles. The fourth-order valence-corrected chi connectivity index (χ4v) is 2.68. The minimum Gasteiger partial charge on any atom is -0.491 e. The first-order chi connectivity index (χ1) is 11.2. The van der Waals surface area contributed by atoms with Gasteiger partial charge in [0.2, 0.25) is 0 Å². The Hall–Kier alpha value is -1.79. The van der Waals surface area contributed by atoms with E-state index in [1.807, 2.05) is 24.3 Å². The molecule has 0 bridgehead atoms. The molecule has 6 heteroatoms. The number of hydrogen-bond acceptors (Lipinski definition) is 4. The molecule has 0 aromatic heterocycles. The van der Waals surface area contributed by atoms with Crippen LogP contribution in [-0.4, -0.2) is 55.6 Å². The summed E-state index contributed by atoms with van der Waals surface area (Å²) in [6.07, 6.45) is 2.94. The van der Waals surface area contributed by atoms with Crippen LogP contribution < -0.4 is 10.1 Å². The van der Waals surface area contributed by atoms with Crippen LogP contribution in [0.2, 0.25) is 0 Å². The quantitative estimate of drug-likeness (QED) is 0.751. The molecule has 2 N–H and O–H groups in total. The summed E-state index contributed by atoms with van der Waals surface area (Å²) in [6.45, 7) is 2.28. The Balaban J connectivity index is 1.79. The number of methoxy groups -OCH3 is 1. The number of benzene rings is 1. The Morgan fingerprint density at radius 3 is 2.78 bits per heavy atom. The lowest BCUT2D eigenvalue weighted by Gasteiger charge is -2.34. The molecule has 1 aliphatic rings. The topological polar surface area (TPSA) is 71.0 Å². The highest BCUT2D eigenvalue weighted by atomic mass is 16.5. The average Bonchev–Trinajstić information content (AvgIpc) is 2.61. The lowest BCUT2D eigenvalue weighted by Crippen LogP contribution is -2.49. The van der Waals surface area contributed by atoms with Crippen molar-refractivity contribution >= 4 is 6.03 Å². The van der Waals surface area contributed by atoms with Gasteiger partial charge in [-0.25, -0.2) is 4.79 Å². The third-order valence-electron chi connectivity index (χ3n) is 4.02. The number of carbonyl (C=O) groups excluding carboxylic acids is 1. The van der Waals surface area contributed by atoms with Crippen LogP contribution in [0.5, 0.6) is 5.75 Å². The molecule has 6 nitrogen and oxygen atoms in total. The molecule has 1 saturated heterocycles. The monoisotopic (exact) mass is 322 g/mol. The predicted octanol–water partition coefficient (Wildman–Crippen LogP) is 1.77. The molecule has 0 unspecified atom stereocenters. The van der Waals surface area contributed by atoms with Gasteiger partial charge in [0, 0.05) is 20.2 Å². The van der Waals surface area contributed by atoms with Gasteiger partial charge < -0.3 is 24.8 Å². The van der Waals surface area contributed by atoms with Crippen LogP contribution in [0.15, 0.2) is 24.3 Å². The van der Waals surface area contributed by atoms with Crippen molar-refractivity contribution in [2.75, 3.05) is 33.5 Å². The van der Waals surface area contributed by atoms with Gasteiger partial charge >= 0.3 is 6.03 Å². The Morgan fingerprint density at radius 1 is 1.30 bits per heavy atom. The first-order valence-electron chi connectivity index (χ1n) is 8.10. The van der Waals surface area contributed by atoms with Crippen molar-refractivity contribution in [1.29, 1.82) is 0 Å². The molecule has 1 heterocycles. The Morgan fingerprint density at radius 2 is 2.09 bits per heavy atom. The fourth-order valence-electron chi connectivity index (χ4n) is 2.68. The van der Waals surface area contributed by atoms with Crippen LogP contribution in [0.4, 0.5) is 4.79 Å². The summed E-state index contributed by atoms with van der Waals surface area (Å²) in [5.74, 6) is 0.786. The van der Waals surface area contributed by atoms with E-state index in [1.54, 1.807) is 12.0 Å². The maximum absolute atomic E-state index is 12.2. The van der Waals surface area contributed by atoms with Gasteiger partial charge in [0.15, 0.2) is 0 Å². The molecule has 1 fully saturated rings. The van der Waals surface area contributed by atoms with Gasteiger partial charge in [-0.05, 0) is 37.0 Å². The second-order valence-corrected chi connectivity index (χ2v) is 5.67. The van der Waals surface area contributed by atoms with Gasteiger partial charge in [0.05, 0.1) is 19.3 Å². The minimum atomic E-state index is -0.107. The molecular formula is C17H26N2O4. The molecule has 0 saturated carbocycles. The summed E-state index contributed by atoms with van der Waals surface area (Å²) < 4.78 is 10.4. The van der Waals surface area contributed by atoms with Gasteiger partial charge in [-0.3, -0.25) is 0 Å². The van der Waals surface area contributed by atoms with Crippen molar-refractivity contribution in [3.8, 4) is 5.75 Å². The van der Waals surface area contributed by atoms with Crippen molar-refractivity contribution in [3.05, 3.63) is 29.8 Å². The normalized spacial score (nSPS) is 17.8. The van der Waals surface area contributed by atoms with Gasteiger partial charge in [-0.15, -0.1) is 0 Å². The third-order valence-corrected chi connectivity index (χ3v) is 4.02. The van der Waals surface area contributed by atoms with Crippen LogP contribution in [-0.2, 0) is 11.3 Å². The zero-order chi connectivity index (χ0) is 16.5. The number of carbonyl (C=O) groups is 1. The molecule has 1 aliphatic heterocycles. The summed E-state index contributed by atoms with van der Waals surface area (Å²) in [6, 6.07) is 7.47. The van der Waals surface area contributed by atoms with E-state index in [2.05, 4.69) is 5.32 Å². The van der Waals surface area contributed by atoms with Gasteiger partial charge in [-0.1, -0.05) is 12.1 Å². The second-order valence-electron chi connectivity index (χ2n) is 5.67. The van der Waals surface area contributed by atoms with Crippen molar-refractivity contribution in [1.82, 2.24) is 10.2 Å². The molecule has 1 aromatic carbocycles. The first kappa shape index (κ1) is 17.6. The van der Waals surface area contributed by atoms with Gasteiger partial charge in [-0.2, -0.15) is 0 Å². The molecule has 1 aromatic rings. The SMILES string of the molecule is COCCOc1ccc(CNC(=O)N2CCCC[C@H]2CO)cc1. The number of likely N-dealkylation sites (tertiary alicyclic amines) is 1. The van der Waals surface area contributed by atoms with E-state index in [4.69, 9.17) is 9.47 Å². The minimum absolute atomic E-state index is 0.0287. The summed E-state index contributed by atoms with van der Waals surface area (Å²) in [4.78, 5) is 14.0. The summed E-state index contributed by atoms with van der Waals surface area (Å²) >= 11 is 0. The summed E-state index contributed by atoms with van der Waals surface area (Å²) in [7, 11) is 1.64. The second kappa shape index (κ2) is 9.37. The Bertz CT molecular complexity index is 478. The number of nitrogens with one attached hydrogen (secondary N) is 1. The molecule has 0 radical (unpaired) electrons. The summed E-state index contributed by atoms with van der Waals surface area (Å²) in [5.41, 5.74) is 1.01. The van der Waals surface area contributed by atoms with Crippen molar-refractivity contribution in [2.24, 2.45) is 0 Å². The fraction of sp³-hybridized carbons (Fsp3) is 0.588. The van der Waals surface area contributed by atoms with Crippen molar-refractivity contribution < 1.29 is 19.4 Å². The molecule has 2 rings (SSSR count). The number of rotatable bonds is 7. The number of aliphatic hydroxyl groups excluding tert-OH is 1. The zero-order valence-corrected chi connectivity index (χ0v) is 13.7. The van der Waals surface area contributed by atoms with Crippen molar-refractivity contribution in [2.45, 2.75) is 31.8 Å². The number of amides is 2. The Labute approximate surface area is 137 Å². The maximum atomic E-state index is 12.2. The maximum Gasteiger partial charge on any atom is 0.317 e. The number of hydrogen-bond donors (Lipinski definition) is 2. The largest absolute Gasteiger partial charge is 0.491 e.